The van der Waals surface area contributed by atoms with Crippen LogP contribution in [0.1, 0.15) is 5.69 Å². The zero-order valence-electron chi connectivity index (χ0n) is 8.11. The molecule has 2 N–H and O–H groups in total. The maximum Gasteiger partial charge on any atom is 0.124 e. The molecule has 0 radical (unpaired) electrons. The summed E-state index contributed by atoms with van der Waals surface area (Å²) in [6, 6.07) is 8.69. The minimum atomic E-state index is 0.415. The van der Waals surface area contributed by atoms with Gasteiger partial charge in [-0.1, -0.05) is 23.2 Å². The number of anilines is 1. The summed E-state index contributed by atoms with van der Waals surface area (Å²) in [4.78, 5) is 0. The van der Waals surface area contributed by atoms with E-state index in [9.17, 15) is 0 Å². The molecular weight excluding hydrogens is 245 g/mol. The molecule has 0 amide bonds. The summed E-state index contributed by atoms with van der Waals surface area (Å²) in [6.45, 7) is 0. The third kappa shape index (κ3) is 1.73. The van der Waals surface area contributed by atoms with Crippen molar-refractivity contribution in [3.63, 3.8) is 0 Å². The molecule has 2 rings (SSSR count). The van der Waals surface area contributed by atoms with Gasteiger partial charge in [-0.05, 0) is 24.3 Å². The quantitative estimate of drug-likeness (QED) is 0.792. The Labute approximate surface area is 103 Å². The number of hydrogen-bond acceptors (Lipinski definition) is 2. The van der Waals surface area contributed by atoms with E-state index in [1.54, 1.807) is 35.0 Å². The molecule has 0 atom stereocenters. The fourth-order valence-corrected chi connectivity index (χ4v) is 2.17. The summed E-state index contributed by atoms with van der Waals surface area (Å²) in [5.74, 6) is 0. The van der Waals surface area contributed by atoms with Gasteiger partial charge in [-0.2, -0.15) is 5.26 Å². The van der Waals surface area contributed by atoms with Crippen LogP contribution in [0, 0.1) is 11.3 Å². The summed E-state index contributed by atoms with van der Waals surface area (Å²) in [7, 11) is 0. The first-order valence-corrected chi connectivity index (χ1v) is 5.21. The Morgan fingerprint density at radius 1 is 1.25 bits per heavy atom. The highest BCUT2D eigenvalue weighted by molar-refractivity contribution is 6.38. The standard InChI is InChI=1S/C11H7Cl2N3/c12-9-4-7(15)5-10(13)11(9)16-3-1-2-8(16)6-14/h1-5H,15H2. The minimum Gasteiger partial charge on any atom is -0.399 e. The Hall–Kier alpha value is -1.63. The lowest BCUT2D eigenvalue weighted by Crippen LogP contribution is -1.98. The van der Waals surface area contributed by atoms with Crippen LogP contribution in [0.2, 0.25) is 10.0 Å². The van der Waals surface area contributed by atoms with E-state index >= 15 is 0 Å². The first-order chi connectivity index (χ1) is 7.63. The van der Waals surface area contributed by atoms with Crippen molar-refractivity contribution < 1.29 is 0 Å². The van der Waals surface area contributed by atoms with Crippen molar-refractivity contribution >= 4 is 28.9 Å². The van der Waals surface area contributed by atoms with Crippen LogP contribution in [0.3, 0.4) is 0 Å². The largest absolute Gasteiger partial charge is 0.399 e. The average Bonchev–Trinajstić information content (AvgIpc) is 2.64. The molecule has 0 aliphatic heterocycles. The minimum absolute atomic E-state index is 0.415. The van der Waals surface area contributed by atoms with Crippen LogP contribution in [-0.4, -0.2) is 4.57 Å². The lowest BCUT2D eigenvalue weighted by atomic mass is 10.2. The Morgan fingerprint density at radius 2 is 1.88 bits per heavy atom. The van der Waals surface area contributed by atoms with E-state index in [0.29, 0.717) is 27.1 Å². The zero-order valence-corrected chi connectivity index (χ0v) is 9.63. The SMILES string of the molecule is N#Cc1cccn1-c1c(Cl)cc(N)cc1Cl. The summed E-state index contributed by atoms with van der Waals surface area (Å²) in [5.41, 5.74) is 7.13. The molecule has 0 bridgehead atoms. The van der Waals surface area contributed by atoms with Gasteiger partial charge < -0.3 is 10.3 Å². The number of benzene rings is 1. The molecular formula is C11H7Cl2N3. The number of nitrogens with two attached hydrogens (primary N) is 1. The Balaban J connectivity index is 2.70. The smallest absolute Gasteiger partial charge is 0.124 e. The molecule has 3 nitrogen and oxygen atoms in total. The number of nitrogens with zero attached hydrogens (tertiary/aromatic N) is 2. The fourth-order valence-electron chi connectivity index (χ4n) is 1.48. The number of nitriles is 1. The third-order valence-electron chi connectivity index (χ3n) is 2.14. The number of aromatic nitrogens is 1. The van der Waals surface area contributed by atoms with Crippen molar-refractivity contribution in [3.8, 4) is 11.8 Å². The maximum atomic E-state index is 8.92. The molecule has 0 unspecified atom stereocenters. The zero-order chi connectivity index (χ0) is 11.7. The molecule has 1 heterocycles. The highest BCUT2D eigenvalue weighted by Gasteiger charge is 2.11. The van der Waals surface area contributed by atoms with E-state index in [1.807, 2.05) is 0 Å². The molecule has 0 aliphatic carbocycles. The van der Waals surface area contributed by atoms with Crippen LogP contribution in [0.15, 0.2) is 30.5 Å². The van der Waals surface area contributed by atoms with Crippen molar-refractivity contribution in [2.75, 3.05) is 5.73 Å². The van der Waals surface area contributed by atoms with Gasteiger partial charge in [-0.3, -0.25) is 0 Å². The summed E-state index contributed by atoms with van der Waals surface area (Å²) in [5, 5.41) is 9.75. The second-order valence-corrected chi connectivity index (χ2v) is 4.02. The van der Waals surface area contributed by atoms with E-state index in [2.05, 4.69) is 6.07 Å². The van der Waals surface area contributed by atoms with E-state index in [4.69, 9.17) is 34.2 Å². The lowest BCUT2D eigenvalue weighted by Gasteiger charge is -2.10. The monoisotopic (exact) mass is 251 g/mol. The molecule has 16 heavy (non-hydrogen) atoms. The predicted octanol–water partition coefficient (Wildman–Crippen LogP) is 3.24. The van der Waals surface area contributed by atoms with Crippen LogP contribution in [0.4, 0.5) is 5.69 Å². The molecule has 0 spiro atoms. The normalized spacial score (nSPS) is 10.1. The van der Waals surface area contributed by atoms with Gasteiger partial charge >= 0.3 is 0 Å². The van der Waals surface area contributed by atoms with Gasteiger partial charge in [0.25, 0.3) is 0 Å². The second kappa shape index (κ2) is 4.09. The first-order valence-electron chi connectivity index (χ1n) is 4.46. The van der Waals surface area contributed by atoms with Gasteiger partial charge in [-0.15, -0.1) is 0 Å². The number of halogens is 2. The Bertz CT molecular complexity index is 558. The van der Waals surface area contributed by atoms with Gasteiger partial charge in [0.1, 0.15) is 11.8 Å². The van der Waals surface area contributed by atoms with Gasteiger partial charge in [0.05, 0.1) is 15.7 Å². The molecule has 0 aliphatic rings. The predicted molar refractivity (Wildman–Crippen MR) is 64.9 cm³/mol. The van der Waals surface area contributed by atoms with Crippen molar-refractivity contribution in [2.24, 2.45) is 0 Å². The van der Waals surface area contributed by atoms with E-state index in [1.165, 1.54) is 0 Å². The van der Waals surface area contributed by atoms with E-state index in [-0.39, 0.29) is 0 Å². The topological polar surface area (TPSA) is 54.7 Å². The number of hydrogen-bond donors (Lipinski definition) is 1. The second-order valence-electron chi connectivity index (χ2n) is 3.21. The van der Waals surface area contributed by atoms with E-state index < -0.39 is 0 Å². The van der Waals surface area contributed by atoms with Crippen molar-refractivity contribution in [1.82, 2.24) is 4.57 Å². The van der Waals surface area contributed by atoms with Gasteiger partial charge in [0.2, 0.25) is 0 Å². The van der Waals surface area contributed by atoms with Gasteiger partial charge in [-0.25, -0.2) is 0 Å². The molecule has 2 aromatic rings. The van der Waals surface area contributed by atoms with Crippen molar-refractivity contribution in [3.05, 3.63) is 46.2 Å². The maximum absolute atomic E-state index is 8.92. The number of rotatable bonds is 1. The van der Waals surface area contributed by atoms with Gasteiger partial charge in [0, 0.05) is 11.9 Å². The first kappa shape index (κ1) is 10.9. The number of nitrogen functional groups attached to an aromatic ring is 1. The van der Waals surface area contributed by atoms with Crippen LogP contribution in [-0.2, 0) is 0 Å². The third-order valence-corrected chi connectivity index (χ3v) is 2.72. The molecule has 5 heteroatoms. The molecule has 0 fully saturated rings. The van der Waals surface area contributed by atoms with Crippen LogP contribution >= 0.6 is 23.2 Å². The molecule has 1 aromatic heterocycles. The van der Waals surface area contributed by atoms with Gasteiger partial charge in [0.15, 0.2) is 0 Å². The highest BCUT2D eigenvalue weighted by atomic mass is 35.5. The van der Waals surface area contributed by atoms with Crippen LogP contribution in [0.5, 0.6) is 0 Å². The summed E-state index contributed by atoms with van der Waals surface area (Å²) < 4.78 is 1.63. The van der Waals surface area contributed by atoms with Crippen molar-refractivity contribution in [2.45, 2.75) is 0 Å². The van der Waals surface area contributed by atoms with Crippen LogP contribution < -0.4 is 5.73 Å². The van der Waals surface area contributed by atoms with E-state index in [0.717, 1.165) is 0 Å². The molecule has 80 valence electrons. The fraction of sp³-hybridized carbons (Fsp3) is 0. The molecule has 1 aromatic carbocycles. The summed E-state index contributed by atoms with van der Waals surface area (Å²) >= 11 is 12.1. The highest BCUT2D eigenvalue weighted by Crippen LogP contribution is 2.32. The van der Waals surface area contributed by atoms with Crippen LogP contribution in [0.25, 0.3) is 5.69 Å². The molecule has 0 saturated carbocycles. The molecule has 0 saturated heterocycles. The lowest BCUT2D eigenvalue weighted by molar-refractivity contribution is 1.05. The van der Waals surface area contributed by atoms with Crippen molar-refractivity contribution in [1.29, 1.82) is 5.26 Å². The average molecular weight is 252 g/mol. The Kier molecular flexibility index (Phi) is 2.78. The summed E-state index contributed by atoms with van der Waals surface area (Å²) in [6.07, 6.45) is 1.72. The Morgan fingerprint density at radius 3 is 2.44 bits per heavy atom.